The minimum Gasteiger partial charge on any atom is -0.496 e. The lowest BCUT2D eigenvalue weighted by atomic mass is 9.94. The molecule has 20 heavy (non-hydrogen) atoms. The van der Waals surface area contributed by atoms with Crippen molar-refractivity contribution in [1.82, 2.24) is 5.32 Å². The summed E-state index contributed by atoms with van der Waals surface area (Å²) in [5.41, 5.74) is 0.00255. The van der Waals surface area contributed by atoms with Crippen molar-refractivity contribution < 1.29 is 19.4 Å². The third-order valence-electron chi connectivity index (χ3n) is 3.12. The zero-order valence-corrected chi connectivity index (χ0v) is 12.1. The van der Waals surface area contributed by atoms with E-state index in [-0.39, 0.29) is 12.5 Å². The van der Waals surface area contributed by atoms with Crippen LogP contribution in [-0.2, 0) is 16.0 Å². The van der Waals surface area contributed by atoms with Crippen LogP contribution in [0.4, 0.5) is 0 Å². The first-order valence-electron chi connectivity index (χ1n) is 6.49. The summed E-state index contributed by atoms with van der Waals surface area (Å²) in [7, 11) is 1.59. The van der Waals surface area contributed by atoms with Gasteiger partial charge in [-0.3, -0.25) is 9.59 Å². The fourth-order valence-electron chi connectivity index (χ4n) is 1.64. The number of para-hydroxylation sites is 1. The van der Waals surface area contributed by atoms with E-state index in [4.69, 9.17) is 9.84 Å². The van der Waals surface area contributed by atoms with E-state index in [2.05, 4.69) is 5.32 Å². The Morgan fingerprint density at radius 3 is 2.55 bits per heavy atom. The predicted octanol–water partition coefficient (Wildman–Crippen LogP) is 1.85. The Morgan fingerprint density at radius 2 is 1.95 bits per heavy atom. The number of aliphatic carboxylic acids is 1. The number of ether oxygens (including phenoxy) is 1. The van der Waals surface area contributed by atoms with Gasteiger partial charge in [0, 0.05) is 13.0 Å². The summed E-state index contributed by atoms with van der Waals surface area (Å²) in [6, 6.07) is 7.52. The highest BCUT2D eigenvalue weighted by Crippen LogP contribution is 2.19. The molecule has 0 spiro atoms. The number of hydrogen-bond acceptors (Lipinski definition) is 3. The average molecular weight is 279 g/mol. The van der Waals surface area contributed by atoms with Crippen LogP contribution in [0.15, 0.2) is 24.3 Å². The topological polar surface area (TPSA) is 75.6 Å². The van der Waals surface area contributed by atoms with E-state index in [9.17, 15) is 9.59 Å². The molecule has 110 valence electrons. The predicted molar refractivity (Wildman–Crippen MR) is 75.7 cm³/mol. The fraction of sp³-hybridized carbons (Fsp3) is 0.467. The normalized spacial score (nSPS) is 10.9. The standard InChI is InChI=1S/C15H21NO4/c1-15(2,14(18)19)10-16-13(17)9-8-11-6-4-5-7-12(11)20-3/h4-7H,8-10H2,1-3H3,(H,16,17)(H,18,19). The molecule has 0 aliphatic carbocycles. The van der Waals surface area contributed by atoms with Crippen LogP contribution in [0.2, 0.25) is 0 Å². The Morgan fingerprint density at radius 1 is 1.30 bits per heavy atom. The molecule has 0 aliphatic rings. The molecular formula is C15H21NO4. The lowest BCUT2D eigenvalue weighted by Crippen LogP contribution is -2.38. The largest absolute Gasteiger partial charge is 0.496 e. The lowest BCUT2D eigenvalue weighted by Gasteiger charge is -2.19. The Hall–Kier alpha value is -2.04. The zero-order chi connectivity index (χ0) is 15.2. The van der Waals surface area contributed by atoms with Crippen molar-refractivity contribution in [2.45, 2.75) is 26.7 Å². The van der Waals surface area contributed by atoms with E-state index in [1.54, 1.807) is 21.0 Å². The molecule has 0 heterocycles. The summed E-state index contributed by atoms with van der Waals surface area (Å²) in [5.74, 6) is -0.334. The molecular weight excluding hydrogens is 258 g/mol. The number of amides is 1. The fourth-order valence-corrected chi connectivity index (χ4v) is 1.64. The number of carboxylic acids is 1. The molecule has 0 saturated carbocycles. The maximum absolute atomic E-state index is 11.7. The first-order valence-corrected chi connectivity index (χ1v) is 6.49. The molecule has 2 N–H and O–H groups in total. The molecule has 0 aliphatic heterocycles. The second kappa shape index (κ2) is 6.93. The number of hydrogen-bond donors (Lipinski definition) is 2. The average Bonchev–Trinajstić information content (AvgIpc) is 2.43. The number of carboxylic acid groups (broad SMARTS) is 1. The third-order valence-corrected chi connectivity index (χ3v) is 3.12. The van der Waals surface area contributed by atoms with Gasteiger partial charge >= 0.3 is 5.97 Å². The van der Waals surface area contributed by atoms with E-state index in [0.717, 1.165) is 11.3 Å². The molecule has 1 amide bonds. The summed E-state index contributed by atoms with van der Waals surface area (Å²) < 4.78 is 5.21. The molecule has 1 aromatic rings. The number of aryl methyl sites for hydroxylation is 1. The van der Waals surface area contributed by atoms with Crippen LogP contribution in [-0.4, -0.2) is 30.6 Å². The molecule has 0 bridgehead atoms. The van der Waals surface area contributed by atoms with Crippen LogP contribution < -0.4 is 10.1 Å². The van der Waals surface area contributed by atoms with E-state index in [1.807, 2.05) is 24.3 Å². The summed E-state index contributed by atoms with van der Waals surface area (Å²) >= 11 is 0. The highest BCUT2D eigenvalue weighted by Gasteiger charge is 2.27. The molecule has 0 radical (unpaired) electrons. The minimum absolute atomic E-state index is 0.118. The maximum atomic E-state index is 11.7. The van der Waals surface area contributed by atoms with Crippen molar-refractivity contribution in [3.05, 3.63) is 29.8 Å². The molecule has 0 fully saturated rings. The van der Waals surface area contributed by atoms with Crippen molar-refractivity contribution in [2.75, 3.05) is 13.7 Å². The van der Waals surface area contributed by atoms with Crippen molar-refractivity contribution in [2.24, 2.45) is 5.41 Å². The molecule has 0 aromatic heterocycles. The van der Waals surface area contributed by atoms with Gasteiger partial charge in [-0.25, -0.2) is 0 Å². The molecule has 1 rings (SSSR count). The molecule has 5 heteroatoms. The zero-order valence-electron chi connectivity index (χ0n) is 12.1. The van der Waals surface area contributed by atoms with Crippen LogP contribution in [0.25, 0.3) is 0 Å². The molecule has 0 unspecified atom stereocenters. The van der Waals surface area contributed by atoms with Crippen molar-refractivity contribution in [3.8, 4) is 5.75 Å². The van der Waals surface area contributed by atoms with Gasteiger partial charge in [0.15, 0.2) is 0 Å². The summed E-state index contributed by atoms with van der Waals surface area (Å²) in [6.07, 6.45) is 0.861. The van der Waals surface area contributed by atoms with Crippen LogP contribution in [0.1, 0.15) is 25.8 Å². The molecule has 0 atom stereocenters. The van der Waals surface area contributed by atoms with Crippen LogP contribution >= 0.6 is 0 Å². The van der Waals surface area contributed by atoms with E-state index >= 15 is 0 Å². The van der Waals surface area contributed by atoms with Crippen LogP contribution in [0.3, 0.4) is 0 Å². The minimum atomic E-state index is -0.958. The maximum Gasteiger partial charge on any atom is 0.310 e. The van der Waals surface area contributed by atoms with Crippen LogP contribution in [0.5, 0.6) is 5.75 Å². The quantitative estimate of drug-likeness (QED) is 0.798. The first kappa shape index (κ1) is 16.0. The smallest absolute Gasteiger partial charge is 0.310 e. The summed E-state index contributed by atoms with van der Waals surface area (Å²) in [5, 5.41) is 11.6. The van der Waals surface area contributed by atoms with Gasteiger partial charge < -0.3 is 15.2 Å². The molecule has 1 aromatic carbocycles. The van der Waals surface area contributed by atoms with Gasteiger partial charge in [-0.1, -0.05) is 18.2 Å². The number of carbonyl (C=O) groups excluding carboxylic acids is 1. The number of carbonyl (C=O) groups is 2. The van der Waals surface area contributed by atoms with E-state index in [1.165, 1.54) is 0 Å². The van der Waals surface area contributed by atoms with E-state index in [0.29, 0.717) is 12.8 Å². The van der Waals surface area contributed by atoms with Gasteiger partial charge in [0.2, 0.25) is 5.91 Å². The Bertz CT molecular complexity index is 483. The second-order valence-corrected chi connectivity index (χ2v) is 5.28. The molecule has 0 saturated heterocycles. The number of nitrogens with one attached hydrogen (secondary N) is 1. The Labute approximate surface area is 118 Å². The third kappa shape index (κ3) is 4.57. The first-order chi connectivity index (χ1) is 9.36. The molecule has 5 nitrogen and oxygen atoms in total. The van der Waals surface area contributed by atoms with E-state index < -0.39 is 11.4 Å². The van der Waals surface area contributed by atoms with Crippen molar-refractivity contribution >= 4 is 11.9 Å². The highest BCUT2D eigenvalue weighted by molar-refractivity contribution is 5.78. The number of methoxy groups -OCH3 is 1. The Kier molecular flexibility index (Phi) is 5.55. The van der Waals surface area contributed by atoms with Gasteiger partial charge in [-0.2, -0.15) is 0 Å². The number of rotatable bonds is 7. The monoisotopic (exact) mass is 279 g/mol. The van der Waals surface area contributed by atoms with Gasteiger partial charge in [-0.15, -0.1) is 0 Å². The van der Waals surface area contributed by atoms with Gasteiger partial charge in [0.1, 0.15) is 5.75 Å². The second-order valence-electron chi connectivity index (χ2n) is 5.28. The van der Waals surface area contributed by atoms with Crippen molar-refractivity contribution in [1.29, 1.82) is 0 Å². The van der Waals surface area contributed by atoms with Crippen molar-refractivity contribution in [3.63, 3.8) is 0 Å². The highest BCUT2D eigenvalue weighted by atomic mass is 16.5. The van der Waals surface area contributed by atoms with Gasteiger partial charge in [0.25, 0.3) is 0 Å². The van der Waals surface area contributed by atoms with Gasteiger partial charge in [0.05, 0.1) is 12.5 Å². The van der Waals surface area contributed by atoms with Gasteiger partial charge in [-0.05, 0) is 31.9 Å². The Balaban J connectivity index is 2.46. The lowest BCUT2D eigenvalue weighted by molar-refractivity contribution is -0.146. The summed E-state index contributed by atoms with van der Waals surface area (Å²) in [6.45, 7) is 3.28. The number of benzene rings is 1. The SMILES string of the molecule is COc1ccccc1CCC(=O)NCC(C)(C)C(=O)O. The summed E-state index contributed by atoms with van der Waals surface area (Å²) in [4.78, 5) is 22.7. The van der Waals surface area contributed by atoms with Crippen LogP contribution in [0, 0.1) is 5.41 Å².